The van der Waals surface area contributed by atoms with Crippen molar-refractivity contribution < 1.29 is 14.4 Å². The zero-order chi connectivity index (χ0) is 19.0. The minimum atomic E-state index is -0.654. The number of nitrogens with two attached hydrogens (primary N) is 1. The van der Waals surface area contributed by atoms with Gasteiger partial charge >= 0.3 is 6.09 Å². The van der Waals surface area contributed by atoms with Crippen LogP contribution in [0.25, 0.3) is 0 Å². The maximum absolute atomic E-state index is 11.3. The van der Waals surface area contributed by atoms with E-state index in [1.165, 1.54) is 44.9 Å². The highest BCUT2D eigenvalue weighted by molar-refractivity contribution is 5.83. The number of hydrogen-bond donors (Lipinski definition) is 1. The van der Waals surface area contributed by atoms with Crippen LogP contribution < -0.4 is 5.73 Å². The molecule has 2 atom stereocenters. The number of hydrogen-bond acceptors (Lipinski definition) is 4. The van der Waals surface area contributed by atoms with Crippen LogP contribution >= 0.6 is 0 Å². The summed E-state index contributed by atoms with van der Waals surface area (Å²) in [6, 6.07) is 0. The molecule has 5 fully saturated rings. The van der Waals surface area contributed by atoms with Gasteiger partial charge in [-0.2, -0.15) is 0 Å². The fourth-order valence-corrected chi connectivity index (χ4v) is 6.62. The molecular formula is C22H36N2O3. The third kappa shape index (κ3) is 4.27. The highest BCUT2D eigenvalue weighted by atomic mass is 16.6. The second-order valence-electron chi connectivity index (χ2n) is 9.89. The lowest BCUT2D eigenvalue weighted by Crippen LogP contribution is -2.48. The second kappa shape index (κ2) is 8.00. The van der Waals surface area contributed by atoms with Crippen molar-refractivity contribution >= 4 is 11.8 Å². The minimum absolute atomic E-state index is 0.0914. The number of primary amides is 1. The molecule has 0 saturated heterocycles. The van der Waals surface area contributed by atoms with Gasteiger partial charge in [0.15, 0.2) is 0 Å². The molecule has 152 valence electrons. The average Bonchev–Trinajstić information content (AvgIpc) is 3.14. The van der Waals surface area contributed by atoms with Gasteiger partial charge in [0.1, 0.15) is 12.2 Å². The largest absolute Gasteiger partial charge is 0.446 e. The molecule has 5 rings (SSSR count). The van der Waals surface area contributed by atoms with Crippen LogP contribution in [-0.2, 0) is 9.57 Å². The molecular weight excluding hydrogens is 340 g/mol. The van der Waals surface area contributed by atoms with Gasteiger partial charge in [0.2, 0.25) is 0 Å². The Morgan fingerprint density at radius 1 is 1.07 bits per heavy atom. The lowest BCUT2D eigenvalue weighted by atomic mass is 9.55. The van der Waals surface area contributed by atoms with Crippen LogP contribution in [0.2, 0.25) is 0 Å². The average molecular weight is 377 g/mol. The summed E-state index contributed by atoms with van der Waals surface area (Å²) in [6.45, 7) is 4.21. The van der Waals surface area contributed by atoms with Crippen LogP contribution in [0.5, 0.6) is 0 Å². The van der Waals surface area contributed by atoms with Crippen molar-refractivity contribution in [3.05, 3.63) is 0 Å². The zero-order valence-corrected chi connectivity index (χ0v) is 16.9. The number of ether oxygens (including phenoxy) is 1. The van der Waals surface area contributed by atoms with Crippen molar-refractivity contribution in [1.82, 2.24) is 0 Å². The van der Waals surface area contributed by atoms with E-state index in [1.54, 1.807) is 0 Å². The molecule has 1 amide bonds. The Morgan fingerprint density at radius 3 is 2.22 bits per heavy atom. The van der Waals surface area contributed by atoms with Gasteiger partial charge < -0.3 is 15.3 Å². The highest BCUT2D eigenvalue weighted by Crippen LogP contribution is 2.54. The third-order valence-electron chi connectivity index (χ3n) is 7.95. The molecule has 2 N–H and O–H groups in total. The minimum Gasteiger partial charge on any atom is -0.446 e. The summed E-state index contributed by atoms with van der Waals surface area (Å²) in [5.74, 6) is 4.02. The second-order valence-corrected chi connectivity index (χ2v) is 9.89. The first-order valence-corrected chi connectivity index (χ1v) is 11.2. The summed E-state index contributed by atoms with van der Waals surface area (Å²) in [6.07, 6.45) is 11.9. The Bertz CT molecular complexity index is 542. The third-order valence-corrected chi connectivity index (χ3v) is 7.95. The van der Waals surface area contributed by atoms with E-state index in [0.29, 0.717) is 12.0 Å². The van der Waals surface area contributed by atoms with E-state index in [9.17, 15) is 4.79 Å². The lowest BCUT2D eigenvalue weighted by molar-refractivity contribution is -0.126. The van der Waals surface area contributed by atoms with Gasteiger partial charge in [-0.3, -0.25) is 0 Å². The first-order chi connectivity index (χ1) is 13.0. The van der Waals surface area contributed by atoms with Crippen molar-refractivity contribution in [1.29, 1.82) is 0 Å². The Balaban J connectivity index is 1.33. The maximum Gasteiger partial charge on any atom is 0.404 e. The van der Waals surface area contributed by atoms with Gasteiger partial charge in [-0.1, -0.05) is 24.9 Å². The van der Waals surface area contributed by atoms with Crippen molar-refractivity contribution in [3.63, 3.8) is 0 Å². The summed E-state index contributed by atoms with van der Waals surface area (Å²) >= 11 is 0. The van der Waals surface area contributed by atoms with Gasteiger partial charge in [0, 0.05) is 5.92 Å². The summed E-state index contributed by atoms with van der Waals surface area (Å²) in [5.41, 5.74) is 6.33. The Kier molecular flexibility index (Phi) is 5.65. The number of carbonyl (C=O) groups excluding carboxylic acids is 1. The predicted molar refractivity (Wildman–Crippen MR) is 105 cm³/mol. The van der Waals surface area contributed by atoms with Gasteiger partial charge in [-0.15, -0.1) is 0 Å². The number of carbonyl (C=O) groups is 1. The standard InChI is InChI=1S/C22H36N2O3/c1-13(7-20(26-22(23)25)17-5-3-4-6-17)14(2)24-27-21-18-9-15-8-16(11-18)12-19(21)10-15/h13,15-21H,3-12H2,1-2H3,(H2,23,25)/b24-14+/t13-,15?,16?,18?,19?,20+,21?/m0/s1. The van der Waals surface area contributed by atoms with Crippen LogP contribution in [-0.4, -0.2) is 24.0 Å². The summed E-state index contributed by atoms with van der Waals surface area (Å²) < 4.78 is 5.47. The van der Waals surface area contributed by atoms with E-state index in [0.717, 1.165) is 48.6 Å². The van der Waals surface area contributed by atoms with E-state index in [2.05, 4.69) is 19.0 Å². The molecule has 0 radical (unpaired) electrons. The van der Waals surface area contributed by atoms with E-state index in [4.69, 9.17) is 15.3 Å². The van der Waals surface area contributed by atoms with Crippen LogP contribution in [0.15, 0.2) is 5.16 Å². The monoisotopic (exact) mass is 376 g/mol. The summed E-state index contributed by atoms with van der Waals surface area (Å²) in [7, 11) is 0. The van der Waals surface area contributed by atoms with Crippen molar-refractivity contribution in [2.75, 3.05) is 0 Å². The van der Waals surface area contributed by atoms with Crippen molar-refractivity contribution in [2.45, 2.75) is 90.3 Å². The van der Waals surface area contributed by atoms with Crippen LogP contribution in [0.1, 0.15) is 78.1 Å². The highest BCUT2D eigenvalue weighted by Gasteiger charge is 2.49. The predicted octanol–water partition coefficient (Wildman–Crippen LogP) is 4.88. The fourth-order valence-electron chi connectivity index (χ4n) is 6.62. The quantitative estimate of drug-likeness (QED) is 0.508. The van der Waals surface area contributed by atoms with E-state index >= 15 is 0 Å². The number of nitrogens with zero attached hydrogens (tertiary/aromatic N) is 1. The molecule has 0 aromatic rings. The normalized spacial score (nSPS) is 38.0. The smallest absolute Gasteiger partial charge is 0.404 e. The van der Waals surface area contributed by atoms with Crippen LogP contribution in [0, 0.1) is 35.5 Å². The molecule has 0 heterocycles. The molecule has 0 unspecified atom stereocenters. The van der Waals surface area contributed by atoms with Crippen molar-refractivity contribution in [3.8, 4) is 0 Å². The van der Waals surface area contributed by atoms with E-state index in [-0.39, 0.29) is 12.0 Å². The molecule has 27 heavy (non-hydrogen) atoms. The summed E-state index contributed by atoms with van der Waals surface area (Å²) in [5, 5.41) is 4.57. The first-order valence-electron chi connectivity index (χ1n) is 11.2. The SMILES string of the molecule is C/C(=N\OC1C2CC3CC(C2)CC1C3)[C@@H](C)C[C@@H](OC(N)=O)C1CCCC1. The molecule has 4 bridgehead atoms. The van der Waals surface area contributed by atoms with Gasteiger partial charge in [0.25, 0.3) is 0 Å². The Morgan fingerprint density at radius 2 is 1.67 bits per heavy atom. The van der Waals surface area contributed by atoms with Crippen molar-refractivity contribution in [2.24, 2.45) is 46.4 Å². The molecule has 0 aromatic heterocycles. The molecule has 0 aliphatic heterocycles. The van der Waals surface area contributed by atoms with Gasteiger partial charge in [-0.05, 0) is 87.9 Å². The molecule has 5 nitrogen and oxygen atoms in total. The van der Waals surface area contributed by atoms with Crippen LogP contribution in [0.3, 0.4) is 0 Å². The van der Waals surface area contributed by atoms with Gasteiger partial charge in [0.05, 0.1) is 5.71 Å². The zero-order valence-electron chi connectivity index (χ0n) is 16.9. The molecule has 5 heteroatoms. The molecule has 5 saturated carbocycles. The van der Waals surface area contributed by atoms with Gasteiger partial charge in [-0.25, -0.2) is 4.79 Å². The Labute approximate surface area is 163 Å². The number of rotatable bonds is 7. The fraction of sp³-hybridized carbons (Fsp3) is 0.909. The molecule has 5 aliphatic carbocycles. The topological polar surface area (TPSA) is 73.9 Å². The van der Waals surface area contributed by atoms with Crippen LogP contribution in [0.4, 0.5) is 4.79 Å². The maximum atomic E-state index is 11.3. The number of amides is 1. The molecule has 5 aliphatic rings. The van der Waals surface area contributed by atoms with E-state index in [1.807, 2.05) is 0 Å². The molecule has 0 aromatic carbocycles. The number of oxime groups is 1. The first kappa shape index (κ1) is 19.1. The lowest BCUT2D eigenvalue weighted by Gasteiger charge is -2.52. The molecule has 0 spiro atoms. The van der Waals surface area contributed by atoms with E-state index < -0.39 is 6.09 Å². The summed E-state index contributed by atoms with van der Waals surface area (Å²) in [4.78, 5) is 17.5. The Hall–Kier alpha value is -1.26.